The van der Waals surface area contributed by atoms with E-state index in [0.717, 1.165) is 27.8 Å². The molecule has 0 unspecified atom stereocenters. The summed E-state index contributed by atoms with van der Waals surface area (Å²) in [7, 11) is 1.83. The van der Waals surface area contributed by atoms with E-state index in [1.165, 1.54) is 11.8 Å². The third-order valence-electron chi connectivity index (χ3n) is 3.43. The molecule has 0 bridgehead atoms. The number of rotatable bonds is 6. The lowest BCUT2D eigenvalue weighted by atomic mass is 10.2. The predicted molar refractivity (Wildman–Crippen MR) is 89.3 cm³/mol. The van der Waals surface area contributed by atoms with Crippen LogP contribution in [0.2, 0.25) is 0 Å². The van der Waals surface area contributed by atoms with E-state index in [-0.39, 0.29) is 11.9 Å². The molecule has 0 aliphatic carbocycles. The number of hydrogen-bond acceptors (Lipinski definition) is 6. The highest BCUT2D eigenvalue weighted by atomic mass is 32.2. The number of carbonyl (C=O) groups is 1. The number of aromatic amines is 1. The number of aromatic nitrogens is 4. The molecular formula is C14H21N5OS2. The number of amides is 1. The van der Waals surface area contributed by atoms with E-state index in [2.05, 4.69) is 27.1 Å². The Hall–Kier alpha value is -1.41. The smallest absolute Gasteiger partial charge is 0.233 e. The summed E-state index contributed by atoms with van der Waals surface area (Å²) in [5.41, 5.74) is 1.02. The quantitative estimate of drug-likeness (QED) is 0.819. The van der Waals surface area contributed by atoms with E-state index >= 15 is 0 Å². The van der Waals surface area contributed by atoms with Crippen molar-refractivity contribution < 1.29 is 4.79 Å². The van der Waals surface area contributed by atoms with Gasteiger partial charge in [0, 0.05) is 11.9 Å². The maximum absolute atomic E-state index is 12.3. The zero-order chi connectivity index (χ0) is 16.3. The van der Waals surface area contributed by atoms with Gasteiger partial charge in [-0.25, -0.2) is 9.97 Å². The molecule has 1 N–H and O–H groups in total. The van der Waals surface area contributed by atoms with Gasteiger partial charge in [0.1, 0.15) is 5.82 Å². The molecule has 0 fully saturated rings. The molecule has 0 aliphatic rings. The molecule has 2 heterocycles. The largest absolute Gasteiger partial charge is 0.337 e. The maximum Gasteiger partial charge on any atom is 0.233 e. The summed E-state index contributed by atoms with van der Waals surface area (Å²) < 4.78 is 0. The van der Waals surface area contributed by atoms with Gasteiger partial charge < -0.3 is 4.90 Å². The van der Waals surface area contributed by atoms with Gasteiger partial charge >= 0.3 is 0 Å². The van der Waals surface area contributed by atoms with Crippen molar-refractivity contribution >= 4 is 29.0 Å². The number of thioether (sulfide) groups is 1. The number of aryl methyl sites for hydroxylation is 3. The van der Waals surface area contributed by atoms with E-state index in [1.54, 1.807) is 16.2 Å². The van der Waals surface area contributed by atoms with Gasteiger partial charge in [-0.05, 0) is 27.2 Å². The van der Waals surface area contributed by atoms with Crippen LogP contribution in [-0.4, -0.2) is 43.8 Å². The van der Waals surface area contributed by atoms with Crippen LogP contribution in [-0.2, 0) is 11.2 Å². The average molecular weight is 339 g/mol. The normalized spacial score (nSPS) is 12.4. The Balaban J connectivity index is 1.98. The fourth-order valence-corrected chi connectivity index (χ4v) is 3.88. The number of hydrogen-bond donors (Lipinski definition) is 1. The monoisotopic (exact) mass is 339 g/mol. The lowest BCUT2D eigenvalue weighted by Gasteiger charge is -2.24. The van der Waals surface area contributed by atoms with E-state index in [1.807, 2.05) is 27.8 Å². The Kier molecular flexibility index (Phi) is 5.57. The Bertz CT molecular complexity index is 651. The Morgan fingerprint density at radius 3 is 2.68 bits per heavy atom. The maximum atomic E-state index is 12.3. The predicted octanol–water partition coefficient (Wildman–Crippen LogP) is 2.75. The first-order chi connectivity index (χ1) is 10.4. The van der Waals surface area contributed by atoms with Crippen molar-refractivity contribution in [3.05, 3.63) is 21.4 Å². The highest BCUT2D eigenvalue weighted by molar-refractivity contribution is 7.99. The van der Waals surface area contributed by atoms with Crippen molar-refractivity contribution in [1.82, 2.24) is 25.1 Å². The molecule has 120 valence electrons. The van der Waals surface area contributed by atoms with Crippen LogP contribution in [0.3, 0.4) is 0 Å². The molecule has 0 aromatic carbocycles. The lowest BCUT2D eigenvalue weighted by molar-refractivity contribution is -0.128. The summed E-state index contributed by atoms with van der Waals surface area (Å²) in [6.07, 6.45) is 0.927. The number of carbonyl (C=O) groups excluding carboxylic acids is 1. The molecule has 1 amide bonds. The van der Waals surface area contributed by atoms with Gasteiger partial charge in [0.05, 0.1) is 22.5 Å². The van der Waals surface area contributed by atoms with E-state index in [9.17, 15) is 4.79 Å². The Labute approximate surface area is 138 Å². The van der Waals surface area contributed by atoms with Crippen LogP contribution < -0.4 is 0 Å². The molecular weight excluding hydrogens is 318 g/mol. The number of thiazole rings is 1. The highest BCUT2D eigenvalue weighted by Gasteiger charge is 2.22. The van der Waals surface area contributed by atoms with Crippen molar-refractivity contribution in [2.75, 3.05) is 12.8 Å². The van der Waals surface area contributed by atoms with Gasteiger partial charge in [-0.3, -0.25) is 9.89 Å². The zero-order valence-corrected chi connectivity index (χ0v) is 15.1. The van der Waals surface area contributed by atoms with Gasteiger partial charge in [0.15, 0.2) is 0 Å². The summed E-state index contributed by atoms with van der Waals surface area (Å²) >= 11 is 3.04. The molecule has 22 heavy (non-hydrogen) atoms. The van der Waals surface area contributed by atoms with Crippen LogP contribution in [0.25, 0.3) is 0 Å². The molecule has 0 saturated heterocycles. The fourth-order valence-electron chi connectivity index (χ4n) is 2.01. The minimum atomic E-state index is 0.0276. The van der Waals surface area contributed by atoms with E-state index < -0.39 is 0 Å². The van der Waals surface area contributed by atoms with Gasteiger partial charge in [-0.1, -0.05) is 18.7 Å². The van der Waals surface area contributed by atoms with E-state index in [0.29, 0.717) is 10.9 Å². The number of nitrogens with zero attached hydrogens (tertiary/aromatic N) is 4. The molecule has 2 rings (SSSR count). The topological polar surface area (TPSA) is 74.8 Å². The standard InChI is InChI=1S/C14H21N5OS2/c1-6-11-15-8(2)13(22-11)9(3)19(5)12(20)7-21-14-16-10(4)17-18-14/h9H,6-7H2,1-5H3,(H,16,17,18)/t9-/m1/s1. The second-order valence-corrected chi connectivity index (χ2v) is 7.14. The fraction of sp³-hybridized carbons (Fsp3) is 0.571. The highest BCUT2D eigenvalue weighted by Crippen LogP contribution is 2.29. The van der Waals surface area contributed by atoms with Gasteiger partial charge in [-0.15, -0.1) is 16.4 Å². The third-order valence-corrected chi connectivity index (χ3v) is 5.74. The molecule has 0 saturated carbocycles. The Morgan fingerprint density at radius 2 is 2.14 bits per heavy atom. The molecule has 1 atom stereocenters. The molecule has 8 heteroatoms. The van der Waals surface area contributed by atoms with Crippen molar-refractivity contribution in [2.45, 2.75) is 45.3 Å². The molecule has 0 radical (unpaired) electrons. The molecule has 0 aliphatic heterocycles. The minimum absolute atomic E-state index is 0.0276. The second-order valence-electron chi connectivity index (χ2n) is 5.08. The molecule has 2 aromatic rings. The van der Waals surface area contributed by atoms with Gasteiger partial charge in [0.25, 0.3) is 0 Å². The number of nitrogens with one attached hydrogen (secondary N) is 1. The molecule has 2 aromatic heterocycles. The summed E-state index contributed by atoms with van der Waals surface area (Å²) in [6, 6.07) is 0.0276. The summed E-state index contributed by atoms with van der Waals surface area (Å²) in [5.74, 6) is 1.14. The SMILES string of the molecule is CCc1nc(C)c([C@@H](C)N(C)C(=O)CSc2n[nH]c(C)n2)s1. The van der Waals surface area contributed by atoms with Crippen molar-refractivity contribution in [1.29, 1.82) is 0 Å². The van der Waals surface area contributed by atoms with Crippen LogP contribution >= 0.6 is 23.1 Å². The second kappa shape index (κ2) is 7.23. The van der Waals surface area contributed by atoms with Crippen molar-refractivity contribution in [2.24, 2.45) is 0 Å². The third kappa shape index (κ3) is 3.86. The van der Waals surface area contributed by atoms with Crippen LogP contribution in [0.1, 0.15) is 41.3 Å². The van der Waals surface area contributed by atoms with Crippen molar-refractivity contribution in [3.8, 4) is 0 Å². The van der Waals surface area contributed by atoms with Crippen LogP contribution in [0.15, 0.2) is 5.16 Å². The first kappa shape index (κ1) is 17.0. The minimum Gasteiger partial charge on any atom is -0.337 e. The van der Waals surface area contributed by atoms with Gasteiger partial charge in [-0.2, -0.15) is 0 Å². The van der Waals surface area contributed by atoms with Crippen LogP contribution in [0, 0.1) is 13.8 Å². The first-order valence-electron chi connectivity index (χ1n) is 7.16. The molecule has 6 nitrogen and oxygen atoms in total. The van der Waals surface area contributed by atoms with Crippen LogP contribution in [0.4, 0.5) is 0 Å². The lowest BCUT2D eigenvalue weighted by Crippen LogP contribution is -2.31. The average Bonchev–Trinajstić information content (AvgIpc) is 3.08. The van der Waals surface area contributed by atoms with E-state index in [4.69, 9.17) is 0 Å². The first-order valence-corrected chi connectivity index (χ1v) is 8.96. The van der Waals surface area contributed by atoms with Crippen LogP contribution in [0.5, 0.6) is 0 Å². The van der Waals surface area contributed by atoms with Gasteiger partial charge in [0.2, 0.25) is 11.1 Å². The summed E-state index contributed by atoms with van der Waals surface area (Å²) in [4.78, 5) is 24.0. The molecule has 0 spiro atoms. The summed E-state index contributed by atoms with van der Waals surface area (Å²) in [5, 5.41) is 8.52. The van der Waals surface area contributed by atoms with Crippen molar-refractivity contribution in [3.63, 3.8) is 0 Å². The Morgan fingerprint density at radius 1 is 1.41 bits per heavy atom. The zero-order valence-electron chi connectivity index (χ0n) is 13.5. The summed E-state index contributed by atoms with van der Waals surface area (Å²) in [6.45, 7) is 7.98. The number of H-pyrrole nitrogens is 1.